The van der Waals surface area contributed by atoms with Crippen LogP contribution in [0.4, 0.5) is 0 Å². The Morgan fingerprint density at radius 1 is 1.53 bits per heavy atom. The molecule has 86 valence electrons. The minimum absolute atomic E-state index is 0.413. The monoisotopic (exact) mass is 291 g/mol. The third-order valence-electron chi connectivity index (χ3n) is 2.17. The van der Waals surface area contributed by atoms with E-state index in [1.807, 2.05) is 6.92 Å². The van der Waals surface area contributed by atoms with Crippen LogP contribution < -0.4 is 5.32 Å². The lowest BCUT2D eigenvalue weighted by molar-refractivity contribution is 0.137. The summed E-state index contributed by atoms with van der Waals surface area (Å²) < 4.78 is 6.60. The quantitative estimate of drug-likeness (QED) is 0.775. The van der Waals surface area contributed by atoms with Gasteiger partial charge in [0.2, 0.25) is 0 Å². The van der Waals surface area contributed by atoms with Gasteiger partial charge in [0.25, 0.3) is 0 Å². The van der Waals surface area contributed by atoms with Gasteiger partial charge in [-0.15, -0.1) is 11.3 Å². The van der Waals surface area contributed by atoms with Crippen LogP contribution in [0.3, 0.4) is 0 Å². The second kappa shape index (κ2) is 7.39. The van der Waals surface area contributed by atoms with E-state index < -0.39 is 0 Å². The van der Waals surface area contributed by atoms with Crippen LogP contribution in [0.25, 0.3) is 0 Å². The van der Waals surface area contributed by atoms with Gasteiger partial charge in [0.05, 0.1) is 0 Å². The van der Waals surface area contributed by atoms with E-state index in [9.17, 15) is 0 Å². The van der Waals surface area contributed by atoms with Gasteiger partial charge in [-0.2, -0.15) is 0 Å². The zero-order chi connectivity index (χ0) is 11.1. The molecule has 0 aliphatic carbocycles. The predicted octanol–water partition coefficient (Wildman–Crippen LogP) is 3.59. The molecular formula is C11H18BrNOS. The van der Waals surface area contributed by atoms with Crippen molar-refractivity contribution in [3.8, 4) is 0 Å². The highest BCUT2D eigenvalue weighted by Crippen LogP contribution is 2.30. The van der Waals surface area contributed by atoms with Crippen LogP contribution in [-0.4, -0.2) is 19.8 Å². The summed E-state index contributed by atoms with van der Waals surface area (Å²) in [5.74, 6) is 0. The van der Waals surface area contributed by atoms with E-state index in [4.69, 9.17) is 4.74 Å². The average molecular weight is 292 g/mol. The Bertz CT molecular complexity index is 277. The second-order valence-electron chi connectivity index (χ2n) is 3.23. The van der Waals surface area contributed by atoms with Gasteiger partial charge >= 0.3 is 0 Å². The molecule has 0 aromatic carbocycles. The van der Waals surface area contributed by atoms with Crippen molar-refractivity contribution in [3.05, 3.63) is 20.8 Å². The summed E-state index contributed by atoms with van der Waals surface area (Å²) in [6.45, 7) is 6.77. The summed E-state index contributed by atoms with van der Waals surface area (Å²) in [6, 6.07) is 2.52. The second-order valence-corrected chi connectivity index (χ2v) is 5.03. The van der Waals surface area contributed by atoms with Crippen LogP contribution in [-0.2, 0) is 4.74 Å². The smallest absolute Gasteiger partial charge is 0.0484 e. The summed E-state index contributed by atoms with van der Waals surface area (Å²) in [4.78, 5) is 1.37. The summed E-state index contributed by atoms with van der Waals surface area (Å²) in [6.07, 6.45) is 1.03. The van der Waals surface area contributed by atoms with E-state index in [1.54, 1.807) is 11.3 Å². The van der Waals surface area contributed by atoms with E-state index in [0.29, 0.717) is 6.04 Å². The summed E-state index contributed by atoms with van der Waals surface area (Å²) in [5.41, 5.74) is 0. The Balaban J connectivity index is 2.53. The van der Waals surface area contributed by atoms with Crippen LogP contribution in [0.2, 0.25) is 0 Å². The average Bonchev–Trinajstić information content (AvgIpc) is 2.64. The normalized spacial score (nSPS) is 13.0. The zero-order valence-electron chi connectivity index (χ0n) is 9.25. The molecule has 1 aromatic heterocycles. The Labute approximate surface area is 104 Å². The minimum atomic E-state index is 0.413. The number of hydrogen-bond acceptors (Lipinski definition) is 3. The van der Waals surface area contributed by atoms with Gasteiger partial charge in [-0.3, -0.25) is 0 Å². The number of rotatable bonds is 7. The van der Waals surface area contributed by atoms with E-state index >= 15 is 0 Å². The first-order chi connectivity index (χ1) is 7.29. The fourth-order valence-corrected chi connectivity index (χ4v) is 3.23. The number of nitrogens with one attached hydrogen (secondary N) is 1. The zero-order valence-corrected chi connectivity index (χ0v) is 11.7. The van der Waals surface area contributed by atoms with Crippen molar-refractivity contribution in [2.45, 2.75) is 26.3 Å². The van der Waals surface area contributed by atoms with Crippen molar-refractivity contribution in [1.29, 1.82) is 0 Å². The van der Waals surface area contributed by atoms with E-state index in [1.165, 1.54) is 9.35 Å². The molecule has 0 aliphatic heterocycles. The highest BCUT2D eigenvalue weighted by atomic mass is 79.9. The lowest BCUT2D eigenvalue weighted by atomic mass is 10.2. The molecule has 0 spiro atoms. The molecule has 1 atom stereocenters. The van der Waals surface area contributed by atoms with Crippen LogP contribution in [0.15, 0.2) is 15.9 Å². The summed E-state index contributed by atoms with van der Waals surface area (Å²) in [5, 5.41) is 5.60. The number of hydrogen-bond donors (Lipinski definition) is 1. The third-order valence-corrected chi connectivity index (χ3v) is 4.15. The number of ether oxygens (including phenoxy) is 1. The molecule has 0 amide bonds. The van der Waals surface area contributed by atoms with Crippen LogP contribution >= 0.6 is 27.3 Å². The Morgan fingerprint density at radius 2 is 2.33 bits per heavy atom. The van der Waals surface area contributed by atoms with Crippen molar-refractivity contribution < 1.29 is 4.74 Å². The lowest BCUT2D eigenvalue weighted by Gasteiger charge is -2.16. The number of thiophene rings is 1. The first-order valence-corrected chi connectivity index (χ1v) is 7.00. The first-order valence-electron chi connectivity index (χ1n) is 5.33. The lowest BCUT2D eigenvalue weighted by Crippen LogP contribution is -2.21. The largest absolute Gasteiger partial charge is 0.382 e. The Kier molecular flexibility index (Phi) is 6.48. The summed E-state index contributed by atoms with van der Waals surface area (Å²) in [7, 11) is 0. The predicted molar refractivity (Wildman–Crippen MR) is 69.5 cm³/mol. The maximum atomic E-state index is 5.40. The van der Waals surface area contributed by atoms with Crippen molar-refractivity contribution in [2.24, 2.45) is 0 Å². The van der Waals surface area contributed by atoms with Gasteiger partial charge in [0, 0.05) is 28.6 Å². The third kappa shape index (κ3) is 4.23. The van der Waals surface area contributed by atoms with Crippen molar-refractivity contribution in [1.82, 2.24) is 5.32 Å². The molecule has 1 unspecified atom stereocenters. The highest BCUT2D eigenvalue weighted by molar-refractivity contribution is 9.10. The summed E-state index contributed by atoms with van der Waals surface area (Å²) >= 11 is 5.37. The molecule has 4 heteroatoms. The van der Waals surface area contributed by atoms with Gasteiger partial charge in [0.15, 0.2) is 0 Å². The van der Waals surface area contributed by atoms with Crippen LogP contribution in [0, 0.1) is 0 Å². The SMILES string of the molecule is CCNC(CCOCC)c1sccc1Br. The molecule has 0 fully saturated rings. The minimum Gasteiger partial charge on any atom is -0.382 e. The maximum Gasteiger partial charge on any atom is 0.0484 e. The van der Waals surface area contributed by atoms with Gasteiger partial charge in [-0.1, -0.05) is 6.92 Å². The van der Waals surface area contributed by atoms with Gasteiger partial charge in [-0.25, -0.2) is 0 Å². The van der Waals surface area contributed by atoms with E-state index in [2.05, 4.69) is 39.6 Å². The van der Waals surface area contributed by atoms with Crippen molar-refractivity contribution >= 4 is 27.3 Å². The molecule has 2 nitrogen and oxygen atoms in total. The fourth-order valence-electron chi connectivity index (χ4n) is 1.47. The molecule has 15 heavy (non-hydrogen) atoms. The Hall–Kier alpha value is 0.100. The Morgan fingerprint density at radius 3 is 2.87 bits per heavy atom. The highest BCUT2D eigenvalue weighted by Gasteiger charge is 2.14. The molecule has 0 aliphatic rings. The first kappa shape index (κ1) is 13.2. The molecule has 0 bridgehead atoms. The molecule has 1 heterocycles. The molecule has 1 N–H and O–H groups in total. The van der Waals surface area contributed by atoms with Crippen LogP contribution in [0.1, 0.15) is 31.2 Å². The van der Waals surface area contributed by atoms with Gasteiger partial charge < -0.3 is 10.1 Å². The van der Waals surface area contributed by atoms with Gasteiger partial charge in [0.1, 0.15) is 0 Å². The molecular weight excluding hydrogens is 274 g/mol. The van der Waals surface area contributed by atoms with Gasteiger partial charge in [-0.05, 0) is 47.3 Å². The fraction of sp³-hybridized carbons (Fsp3) is 0.636. The van der Waals surface area contributed by atoms with E-state index in [-0.39, 0.29) is 0 Å². The van der Waals surface area contributed by atoms with E-state index in [0.717, 1.165) is 26.2 Å². The topological polar surface area (TPSA) is 21.3 Å². The van der Waals surface area contributed by atoms with Crippen molar-refractivity contribution in [2.75, 3.05) is 19.8 Å². The standard InChI is InChI=1S/C11H18BrNOS/c1-3-13-10(5-7-14-4-2)11-9(12)6-8-15-11/h6,8,10,13H,3-5,7H2,1-2H3. The molecule has 0 saturated heterocycles. The molecule has 1 rings (SSSR count). The molecule has 0 radical (unpaired) electrons. The molecule has 0 saturated carbocycles. The van der Waals surface area contributed by atoms with Crippen LogP contribution in [0.5, 0.6) is 0 Å². The maximum absolute atomic E-state index is 5.40. The number of halogens is 1. The molecule has 1 aromatic rings. The van der Waals surface area contributed by atoms with Crippen molar-refractivity contribution in [3.63, 3.8) is 0 Å².